The number of halogens is 2. The lowest BCUT2D eigenvalue weighted by atomic mass is 10.3. The van der Waals surface area contributed by atoms with Gasteiger partial charge >= 0.3 is 0 Å². The van der Waals surface area contributed by atoms with Crippen LogP contribution in [0.2, 0.25) is 0 Å². The summed E-state index contributed by atoms with van der Waals surface area (Å²) in [6.07, 6.45) is 3.42. The third kappa shape index (κ3) is 6.40. The van der Waals surface area contributed by atoms with Gasteiger partial charge in [0.2, 0.25) is 0 Å². The molecule has 0 unspecified atom stereocenters. The number of benzene rings is 1. The molecule has 0 saturated heterocycles. The number of anilines is 1. The van der Waals surface area contributed by atoms with Crippen LogP contribution >= 0.6 is 24.0 Å². The molecule has 1 fully saturated rings. The van der Waals surface area contributed by atoms with Crippen molar-refractivity contribution in [2.24, 2.45) is 4.99 Å². The Morgan fingerprint density at radius 2 is 2.15 bits per heavy atom. The van der Waals surface area contributed by atoms with Crippen LogP contribution in [0.25, 0.3) is 0 Å². The number of aliphatic imine (C=N–C) groups is 1. The lowest BCUT2D eigenvalue weighted by molar-refractivity contribution is 0.628. The van der Waals surface area contributed by atoms with Gasteiger partial charge in [-0.2, -0.15) is 0 Å². The lowest BCUT2D eigenvalue weighted by Gasteiger charge is -2.11. The summed E-state index contributed by atoms with van der Waals surface area (Å²) in [4.78, 5) is 4.16. The second kappa shape index (κ2) is 8.99. The van der Waals surface area contributed by atoms with Crippen molar-refractivity contribution in [2.45, 2.75) is 25.3 Å². The molecule has 1 aliphatic carbocycles. The fourth-order valence-electron chi connectivity index (χ4n) is 1.74. The first-order valence-corrected chi connectivity index (χ1v) is 6.74. The van der Waals surface area contributed by atoms with Gasteiger partial charge in [-0.1, -0.05) is 6.07 Å². The number of hydrogen-bond donors (Lipinski definition) is 3. The number of nitrogens with zero attached hydrogens (tertiary/aromatic N) is 1. The van der Waals surface area contributed by atoms with Gasteiger partial charge in [-0.15, -0.1) is 24.0 Å². The van der Waals surface area contributed by atoms with Gasteiger partial charge < -0.3 is 16.0 Å². The minimum Gasteiger partial charge on any atom is -0.385 e. The predicted octanol–water partition coefficient (Wildman–Crippen LogP) is 2.57. The molecule has 1 saturated carbocycles. The number of rotatable bonds is 6. The first-order chi connectivity index (χ1) is 9.28. The summed E-state index contributed by atoms with van der Waals surface area (Å²) in [5, 5.41) is 9.78. The van der Waals surface area contributed by atoms with E-state index in [-0.39, 0.29) is 29.8 Å². The molecule has 0 bridgehead atoms. The molecule has 1 aliphatic rings. The standard InChI is InChI=1S/C14H21FN4.HI/c1-16-14(19-12-6-7-12)18-9-3-8-17-13-5-2-4-11(15)10-13;/h2,4-5,10,12,17H,3,6-9H2,1H3,(H2,16,18,19);1H. The molecular weight excluding hydrogens is 370 g/mol. The van der Waals surface area contributed by atoms with E-state index in [1.807, 2.05) is 6.07 Å². The molecule has 1 aromatic rings. The predicted molar refractivity (Wildman–Crippen MR) is 92.4 cm³/mol. The molecule has 112 valence electrons. The van der Waals surface area contributed by atoms with Crippen molar-refractivity contribution < 1.29 is 4.39 Å². The van der Waals surface area contributed by atoms with Crippen molar-refractivity contribution in [3.8, 4) is 0 Å². The highest BCUT2D eigenvalue weighted by molar-refractivity contribution is 14.0. The molecule has 0 radical (unpaired) electrons. The minimum atomic E-state index is -0.211. The summed E-state index contributed by atoms with van der Waals surface area (Å²) in [5.41, 5.74) is 0.820. The summed E-state index contributed by atoms with van der Waals surface area (Å²) in [7, 11) is 1.78. The normalized spacial score (nSPS) is 14.4. The average Bonchev–Trinajstić information content (AvgIpc) is 3.21. The molecule has 0 aromatic heterocycles. The molecule has 0 amide bonds. The highest BCUT2D eigenvalue weighted by Gasteiger charge is 2.21. The topological polar surface area (TPSA) is 48.5 Å². The Kier molecular flexibility index (Phi) is 7.64. The Labute approximate surface area is 136 Å². The molecule has 3 N–H and O–H groups in total. The van der Waals surface area contributed by atoms with Crippen LogP contribution in [0.5, 0.6) is 0 Å². The summed E-state index contributed by atoms with van der Waals surface area (Å²) in [6.45, 7) is 1.64. The Balaban J connectivity index is 0.00000200. The van der Waals surface area contributed by atoms with Crippen LogP contribution in [-0.2, 0) is 0 Å². The van der Waals surface area contributed by atoms with E-state index in [1.54, 1.807) is 13.1 Å². The van der Waals surface area contributed by atoms with E-state index in [0.29, 0.717) is 6.04 Å². The summed E-state index contributed by atoms with van der Waals surface area (Å²) < 4.78 is 12.9. The fraction of sp³-hybridized carbons (Fsp3) is 0.500. The van der Waals surface area contributed by atoms with Crippen LogP contribution in [0, 0.1) is 5.82 Å². The monoisotopic (exact) mass is 392 g/mol. The largest absolute Gasteiger partial charge is 0.385 e. The lowest BCUT2D eigenvalue weighted by Crippen LogP contribution is -2.39. The SMILES string of the molecule is CN=C(NCCCNc1cccc(F)c1)NC1CC1.I. The first-order valence-electron chi connectivity index (χ1n) is 6.74. The van der Waals surface area contributed by atoms with Crippen molar-refractivity contribution in [3.63, 3.8) is 0 Å². The van der Waals surface area contributed by atoms with Gasteiger partial charge in [-0.05, 0) is 37.5 Å². The van der Waals surface area contributed by atoms with E-state index in [1.165, 1.54) is 25.0 Å². The molecule has 1 aromatic carbocycles. The zero-order valence-corrected chi connectivity index (χ0v) is 14.0. The van der Waals surface area contributed by atoms with Gasteiger partial charge in [0.15, 0.2) is 5.96 Å². The second-order valence-corrected chi connectivity index (χ2v) is 4.71. The van der Waals surface area contributed by atoms with E-state index in [4.69, 9.17) is 0 Å². The first kappa shape index (κ1) is 17.0. The molecular formula is C14H22FIN4. The van der Waals surface area contributed by atoms with Crippen molar-refractivity contribution in [2.75, 3.05) is 25.5 Å². The van der Waals surface area contributed by atoms with E-state index in [9.17, 15) is 4.39 Å². The van der Waals surface area contributed by atoms with E-state index in [0.717, 1.165) is 31.2 Å². The second-order valence-electron chi connectivity index (χ2n) is 4.71. The van der Waals surface area contributed by atoms with Crippen LogP contribution in [0.15, 0.2) is 29.3 Å². The van der Waals surface area contributed by atoms with Gasteiger partial charge in [0.25, 0.3) is 0 Å². The van der Waals surface area contributed by atoms with Crippen molar-refractivity contribution in [1.82, 2.24) is 10.6 Å². The summed E-state index contributed by atoms with van der Waals surface area (Å²) in [5.74, 6) is 0.658. The third-order valence-corrected chi connectivity index (χ3v) is 2.94. The zero-order chi connectivity index (χ0) is 13.5. The maximum absolute atomic E-state index is 12.9. The molecule has 0 spiro atoms. The van der Waals surface area contributed by atoms with Crippen LogP contribution in [0.3, 0.4) is 0 Å². The maximum atomic E-state index is 12.9. The molecule has 20 heavy (non-hydrogen) atoms. The van der Waals surface area contributed by atoms with Crippen LogP contribution < -0.4 is 16.0 Å². The van der Waals surface area contributed by atoms with E-state index >= 15 is 0 Å². The highest BCUT2D eigenvalue weighted by atomic mass is 127. The minimum absolute atomic E-state index is 0. The van der Waals surface area contributed by atoms with Gasteiger partial charge in [-0.3, -0.25) is 4.99 Å². The number of guanidine groups is 1. The Morgan fingerprint density at radius 3 is 2.80 bits per heavy atom. The van der Waals surface area contributed by atoms with Crippen LogP contribution in [0.4, 0.5) is 10.1 Å². The quantitative estimate of drug-likeness (QED) is 0.302. The van der Waals surface area contributed by atoms with Crippen molar-refractivity contribution in [1.29, 1.82) is 0 Å². The van der Waals surface area contributed by atoms with Crippen LogP contribution in [0.1, 0.15) is 19.3 Å². The smallest absolute Gasteiger partial charge is 0.191 e. The highest BCUT2D eigenvalue weighted by Crippen LogP contribution is 2.18. The molecule has 0 aliphatic heterocycles. The molecule has 0 atom stereocenters. The Morgan fingerprint density at radius 1 is 1.35 bits per heavy atom. The Hall–Kier alpha value is -1.05. The van der Waals surface area contributed by atoms with Gasteiger partial charge in [0, 0.05) is 31.9 Å². The Bertz CT molecular complexity index is 435. The molecule has 6 heteroatoms. The average molecular weight is 392 g/mol. The number of hydrogen-bond acceptors (Lipinski definition) is 2. The van der Waals surface area contributed by atoms with Gasteiger partial charge in [-0.25, -0.2) is 4.39 Å². The summed E-state index contributed by atoms with van der Waals surface area (Å²) >= 11 is 0. The maximum Gasteiger partial charge on any atom is 0.191 e. The fourth-order valence-corrected chi connectivity index (χ4v) is 1.74. The molecule has 0 heterocycles. The van der Waals surface area contributed by atoms with E-state index < -0.39 is 0 Å². The van der Waals surface area contributed by atoms with Crippen molar-refractivity contribution >= 4 is 35.6 Å². The van der Waals surface area contributed by atoms with Crippen LogP contribution in [-0.4, -0.2) is 32.1 Å². The van der Waals surface area contributed by atoms with Gasteiger partial charge in [0.05, 0.1) is 0 Å². The number of nitrogens with one attached hydrogen (secondary N) is 3. The third-order valence-electron chi connectivity index (χ3n) is 2.94. The molecule has 4 nitrogen and oxygen atoms in total. The van der Waals surface area contributed by atoms with Gasteiger partial charge in [0.1, 0.15) is 5.82 Å². The zero-order valence-electron chi connectivity index (χ0n) is 11.7. The summed E-state index contributed by atoms with van der Waals surface area (Å²) in [6, 6.07) is 7.12. The molecule has 2 rings (SSSR count). The van der Waals surface area contributed by atoms with E-state index in [2.05, 4.69) is 20.9 Å². The van der Waals surface area contributed by atoms with Crippen molar-refractivity contribution in [3.05, 3.63) is 30.1 Å².